The minimum atomic E-state index is 0.636. The van der Waals surface area contributed by atoms with E-state index in [0.717, 1.165) is 54.9 Å². The van der Waals surface area contributed by atoms with Crippen molar-refractivity contribution < 1.29 is 0 Å². The fraction of sp³-hybridized carbons (Fsp3) is 0. The summed E-state index contributed by atoms with van der Waals surface area (Å²) < 4.78 is 0. The average Bonchev–Trinajstić information content (AvgIpc) is 3.14. The average molecular weight is 587 g/mol. The number of pyridine rings is 1. The van der Waals surface area contributed by atoms with Gasteiger partial charge in [0.2, 0.25) is 0 Å². The van der Waals surface area contributed by atoms with Crippen LogP contribution in [0.4, 0.5) is 0 Å². The maximum absolute atomic E-state index is 5.20. The topological polar surface area (TPSA) is 51.6 Å². The summed E-state index contributed by atoms with van der Waals surface area (Å²) in [6, 6.07) is 52.7. The summed E-state index contributed by atoms with van der Waals surface area (Å²) in [6.07, 6.45) is 1.87. The van der Waals surface area contributed by atoms with Gasteiger partial charge in [-0.3, -0.25) is 4.98 Å². The van der Waals surface area contributed by atoms with Gasteiger partial charge in [0.15, 0.2) is 17.5 Å². The highest BCUT2D eigenvalue weighted by molar-refractivity contribution is 6.19. The lowest BCUT2D eigenvalue weighted by atomic mass is 9.93. The summed E-state index contributed by atoms with van der Waals surface area (Å²) in [5, 5.41) is 8.11. The Morgan fingerprint density at radius 1 is 0.348 bits per heavy atom. The number of aromatic nitrogens is 4. The van der Waals surface area contributed by atoms with Crippen LogP contribution < -0.4 is 0 Å². The fourth-order valence-electron chi connectivity index (χ4n) is 6.54. The molecule has 46 heavy (non-hydrogen) atoms. The maximum Gasteiger partial charge on any atom is 0.165 e. The quantitative estimate of drug-likeness (QED) is 0.152. The number of para-hydroxylation sites is 1. The normalized spacial score (nSPS) is 11.5. The van der Waals surface area contributed by atoms with Crippen LogP contribution in [-0.2, 0) is 0 Å². The lowest BCUT2D eigenvalue weighted by molar-refractivity contribution is 1.08. The molecule has 0 bridgehead atoms. The molecule has 4 nitrogen and oxygen atoms in total. The molecule has 0 aliphatic rings. The first kappa shape index (κ1) is 26.2. The molecule has 9 aromatic rings. The number of fused-ring (bicyclic) bond motifs is 5. The van der Waals surface area contributed by atoms with Crippen LogP contribution in [0.1, 0.15) is 0 Å². The molecule has 0 N–H and O–H groups in total. The predicted molar refractivity (Wildman–Crippen MR) is 189 cm³/mol. The van der Waals surface area contributed by atoms with Crippen molar-refractivity contribution >= 4 is 43.2 Å². The van der Waals surface area contributed by atoms with E-state index in [1.807, 2.05) is 36.5 Å². The molecule has 0 aliphatic carbocycles. The first-order valence-electron chi connectivity index (χ1n) is 15.4. The van der Waals surface area contributed by atoms with Crippen LogP contribution in [0.2, 0.25) is 0 Å². The van der Waals surface area contributed by atoms with E-state index in [2.05, 4.69) is 126 Å². The lowest BCUT2D eigenvalue weighted by Gasteiger charge is -2.14. The van der Waals surface area contributed by atoms with Crippen molar-refractivity contribution in [3.63, 3.8) is 0 Å². The number of rotatable bonds is 4. The Kier molecular flexibility index (Phi) is 6.10. The van der Waals surface area contributed by atoms with Crippen molar-refractivity contribution in [2.24, 2.45) is 0 Å². The molecule has 9 rings (SSSR count). The number of nitrogens with zero attached hydrogens (tertiary/aromatic N) is 4. The van der Waals surface area contributed by atoms with Gasteiger partial charge in [-0.1, -0.05) is 133 Å². The molecule has 0 amide bonds. The first-order valence-corrected chi connectivity index (χ1v) is 15.4. The van der Waals surface area contributed by atoms with Gasteiger partial charge in [-0.2, -0.15) is 0 Å². The molecular weight excluding hydrogens is 560 g/mol. The van der Waals surface area contributed by atoms with Gasteiger partial charge in [-0.15, -0.1) is 0 Å². The third-order valence-electron chi connectivity index (χ3n) is 8.76. The zero-order valence-electron chi connectivity index (χ0n) is 24.8. The SMILES string of the molecule is c1ccc(-c2nc(-c3ccc(-c4ccnc5ccccc45)cc3)nc(-c3c4ccccc4cc4c3ccc3ccccc34)n2)cc1. The third kappa shape index (κ3) is 4.39. The van der Waals surface area contributed by atoms with E-state index >= 15 is 0 Å². The maximum atomic E-state index is 5.20. The highest BCUT2D eigenvalue weighted by atomic mass is 15.0. The Morgan fingerprint density at radius 3 is 1.76 bits per heavy atom. The Labute approximate surface area is 265 Å². The van der Waals surface area contributed by atoms with Gasteiger partial charge in [0.1, 0.15) is 0 Å². The summed E-state index contributed by atoms with van der Waals surface area (Å²) in [4.78, 5) is 19.9. The molecule has 0 unspecified atom stereocenters. The van der Waals surface area contributed by atoms with Gasteiger partial charge < -0.3 is 0 Å². The number of hydrogen-bond acceptors (Lipinski definition) is 4. The first-order chi connectivity index (χ1) is 22.8. The summed E-state index contributed by atoms with van der Waals surface area (Å²) in [6.45, 7) is 0. The Morgan fingerprint density at radius 2 is 0.957 bits per heavy atom. The van der Waals surface area contributed by atoms with Crippen molar-refractivity contribution in [3.8, 4) is 45.3 Å². The Bertz CT molecular complexity index is 2570. The predicted octanol–water partition coefficient (Wildman–Crippen LogP) is 10.5. The van der Waals surface area contributed by atoms with Crippen LogP contribution in [0.15, 0.2) is 158 Å². The molecule has 2 heterocycles. The molecule has 0 atom stereocenters. The van der Waals surface area contributed by atoms with Gasteiger partial charge >= 0.3 is 0 Å². The van der Waals surface area contributed by atoms with E-state index in [9.17, 15) is 0 Å². The second kappa shape index (κ2) is 10.7. The Balaban J connectivity index is 1.28. The highest BCUT2D eigenvalue weighted by Crippen LogP contribution is 2.39. The van der Waals surface area contributed by atoms with Crippen LogP contribution >= 0.6 is 0 Å². The summed E-state index contributed by atoms with van der Waals surface area (Å²) in [7, 11) is 0. The van der Waals surface area contributed by atoms with Gasteiger partial charge in [0.05, 0.1) is 5.52 Å². The summed E-state index contributed by atoms with van der Waals surface area (Å²) in [5.41, 5.74) is 6.13. The summed E-state index contributed by atoms with van der Waals surface area (Å²) >= 11 is 0. The zero-order chi connectivity index (χ0) is 30.5. The highest BCUT2D eigenvalue weighted by Gasteiger charge is 2.18. The minimum Gasteiger partial charge on any atom is -0.256 e. The van der Waals surface area contributed by atoms with Crippen LogP contribution in [-0.4, -0.2) is 19.9 Å². The van der Waals surface area contributed by atoms with Crippen molar-refractivity contribution in [1.82, 2.24) is 19.9 Å². The third-order valence-corrected chi connectivity index (χ3v) is 8.76. The molecule has 2 aromatic heterocycles. The van der Waals surface area contributed by atoms with Gasteiger partial charge in [-0.05, 0) is 61.6 Å². The van der Waals surface area contributed by atoms with Crippen LogP contribution in [0.5, 0.6) is 0 Å². The molecule has 4 heteroatoms. The Hall–Kier alpha value is -6.26. The van der Waals surface area contributed by atoms with Crippen molar-refractivity contribution in [2.45, 2.75) is 0 Å². The van der Waals surface area contributed by atoms with Crippen molar-refractivity contribution in [1.29, 1.82) is 0 Å². The van der Waals surface area contributed by atoms with Crippen LogP contribution in [0.3, 0.4) is 0 Å². The molecule has 0 aliphatic heterocycles. The molecule has 0 saturated carbocycles. The smallest absolute Gasteiger partial charge is 0.165 e. The van der Waals surface area contributed by atoms with E-state index in [4.69, 9.17) is 15.0 Å². The summed E-state index contributed by atoms with van der Waals surface area (Å²) in [5.74, 6) is 1.94. The standard InChI is InChI=1S/C42H26N4/c1-2-11-29(12-3-1)40-44-41(30-20-18-28(19-21-30)33-24-25-43-38-17-9-8-16-35(33)38)46-42(45-40)39-34-15-7-5-13-31(34)26-37-32-14-6-4-10-27(32)22-23-36(37)39/h1-26H. The van der Waals surface area contributed by atoms with Crippen molar-refractivity contribution in [3.05, 3.63) is 158 Å². The molecule has 7 aromatic carbocycles. The lowest BCUT2D eigenvalue weighted by Crippen LogP contribution is -2.01. The van der Waals surface area contributed by atoms with Gasteiger partial charge in [0, 0.05) is 28.3 Å². The molecule has 0 radical (unpaired) electrons. The second-order valence-electron chi connectivity index (χ2n) is 11.5. The minimum absolute atomic E-state index is 0.636. The number of hydrogen-bond donors (Lipinski definition) is 0. The van der Waals surface area contributed by atoms with Gasteiger partial charge in [0.25, 0.3) is 0 Å². The van der Waals surface area contributed by atoms with E-state index < -0.39 is 0 Å². The monoisotopic (exact) mass is 586 g/mol. The van der Waals surface area contributed by atoms with Gasteiger partial charge in [-0.25, -0.2) is 15.0 Å². The second-order valence-corrected chi connectivity index (χ2v) is 11.5. The molecule has 0 spiro atoms. The van der Waals surface area contributed by atoms with E-state index in [1.165, 1.54) is 16.2 Å². The van der Waals surface area contributed by atoms with E-state index in [-0.39, 0.29) is 0 Å². The molecule has 0 saturated heterocycles. The van der Waals surface area contributed by atoms with Crippen LogP contribution in [0.25, 0.3) is 88.5 Å². The zero-order valence-corrected chi connectivity index (χ0v) is 24.8. The largest absolute Gasteiger partial charge is 0.256 e. The fourth-order valence-corrected chi connectivity index (χ4v) is 6.54. The van der Waals surface area contributed by atoms with E-state index in [0.29, 0.717) is 17.5 Å². The van der Waals surface area contributed by atoms with Crippen molar-refractivity contribution in [2.75, 3.05) is 0 Å². The van der Waals surface area contributed by atoms with Crippen LogP contribution in [0, 0.1) is 0 Å². The molecule has 0 fully saturated rings. The molecular formula is C42H26N4. The number of benzene rings is 7. The van der Waals surface area contributed by atoms with E-state index in [1.54, 1.807) is 0 Å². The molecule has 214 valence electrons.